The summed E-state index contributed by atoms with van der Waals surface area (Å²) in [6, 6.07) is 1.14. The van der Waals surface area contributed by atoms with Crippen molar-refractivity contribution in [3.63, 3.8) is 0 Å². The van der Waals surface area contributed by atoms with Gasteiger partial charge in [0.1, 0.15) is 0 Å². The summed E-state index contributed by atoms with van der Waals surface area (Å²) >= 11 is 17.1. The summed E-state index contributed by atoms with van der Waals surface area (Å²) in [6.45, 7) is -0.0635. The quantitative estimate of drug-likeness (QED) is 0.502. The molecule has 0 aliphatic rings. The molecule has 1 rings (SSSR count). The molecule has 0 amide bonds. The van der Waals surface area contributed by atoms with Crippen LogP contribution in [-0.2, 0) is 6.54 Å². The molecule has 0 unspecified atom stereocenters. The Bertz CT molecular complexity index is 395. The first-order valence-corrected chi connectivity index (χ1v) is 4.63. The van der Waals surface area contributed by atoms with Crippen LogP contribution < -0.4 is 5.73 Å². The first-order chi connectivity index (χ1) is 6.49. The lowest BCUT2D eigenvalue weighted by molar-refractivity contribution is -0.385. The van der Waals surface area contributed by atoms with Gasteiger partial charge < -0.3 is 5.73 Å². The predicted octanol–water partition coefficient (Wildman–Crippen LogP) is 3.01. The van der Waals surface area contributed by atoms with Crippen LogP contribution in [0.3, 0.4) is 0 Å². The van der Waals surface area contributed by atoms with Gasteiger partial charge in [-0.1, -0.05) is 34.8 Å². The van der Waals surface area contributed by atoms with Gasteiger partial charge >= 0.3 is 0 Å². The maximum Gasteiger partial charge on any atom is 0.276 e. The molecule has 2 N–H and O–H groups in total. The molecular formula is C7H5Cl3N2O2. The monoisotopic (exact) mass is 254 g/mol. The number of rotatable bonds is 2. The molecular weight excluding hydrogens is 250 g/mol. The summed E-state index contributed by atoms with van der Waals surface area (Å²) < 4.78 is 0. The maximum atomic E-state index is 10.6. The van der Waals surface area contributed by atoms with Gasteiger partial charge in [-0.3, -0.25) is 10.1 Å². The van der Waals surface area contributed by atoms with E-state index in [2.05, 4.69) is 0 Å². The van der Waals surface area contributed by atoms with E-state index in [1.807, 2.05) is 0 Å². The molecule has 0 heterocycles. The molecule has 0 bridgehead atoms. The van der Waals surface area contributed by atoms with Crippen molar-refractivity contribution >= 4 is 40.5 Å². The highest BCUT2D eigenvalue weighted by Gasteiger charge is 2.20. The Morgan fingerprint density at radius 1 is 1.36 bits per heavy atom. The van der Waals surface area contributed by atoms with E-state index in [4.69, 9.17) is 40.5 Å². The molecule has 0 saturated carbocycles. The smallest absolute Gasteiger partial charge is 0.276 e. The third kappa shape index (κ3) is 1.93. The fraction of sp³-hybridized carbons (Fsp3) is 0.143. The molecule has 1 aromatic rings. The summed E-state index contributed by atoms with van der Waals surface area (Å²) in [5, 5.41) is 10.7. The van der Waals surface area contributed by atoms with Gasteiger partial charge in [0, 0.05) is 12.6 Å². The van der Waals surface area contributed by atoms with Crippen LogP contribution in [0.15, 0.2) is 6.07 Å². The fourth-order valence-electron chi connectivity index (χ4n) is 0.977. The van der Waals surface area contributed by atoms with Crippen molar-refractivity contribution in [1.29, 1.82) is 0 Å². The van der Waals surface area contributed by atoms with Crippen LogP contribution in [0.4, 0.5) is 5.69 Å². The van der Waals surface area contributed by atoms with Crippen LogP contribution in [0.1, 0.15) is 5.56 Å². The molecule has 0 radical (unpaired) electrons. The fourth-order valence-corrected chi connectivity index (χ4v) is 1.67. The highest BCUT2D eigenvalue weighted by molar-refractivity contribution is 6.48. The van der Waals surface area contributed by atoms with E-state index in [0.717, 1.165) is 6.07 Å². The Hall–Kier alpha value is -0.550. The van der Waals surface area contributed by atoms with Crippen LogP contribution in [0.2, 0.25) is 15.1 Å². The van der Waals surface area contributed by atoms with Gasteiger partial charge in [-0.15, -0.1) is 0 Å². The van der Waals surface area contributed by atoms with E-state index in [9.17, 15) is 10.1 Å². The number of nitrogens with zero attached hydrogens (tertiary/aromatic N) is 1. The number of nitro benzene ring substituents is 1. The van der Waals surface area contributed by atoms with Gasteiger partial charge in [-0.05, 0) is 0 Å². The lowest BCUT2D eigenvalue weighted by Gasteiger charge is -2.05. The third-order valence-corrected chi connectivity index (χ3v) is 2.94. The second-order valence-electron chi connectivity index (χ2n) is 2.45. The molecule has 0 atom stereocenters. The van der Waals surface area contributed by atoms with Crippen molar-refractivity contribution in [1.82, 2.24) is 0 Å². The van der Waals surface area contributed by atoms with Crippen LogP contribution in [0.5, 0.6) is 0 Å². The summed E-state index contributed by atoms with van der Waals surface area (Å²) in [5.74, 6) is 0. The molecule has 76 valence electrons. The van der Waals surface area contributed by atoms with Gasteiger partial charge in [-0.2, -0.15) is 0 Å². The maximum absolute atomic E-state index is 10.6. The summed E-state index contributed by atoms with van der Waals surface area (Å²) in [4.78, 5) is 9.99. The zero-order valence-electron chi connectivity index (χ0n) is 6.76. The molecule has 4 nitrogen and oxygen atoms in total. The standard InChI is InChI=1S/C7H5Cl3N2O2/c8-4-1-5(12(13)14)3(2-11)6(9)7(4)10/h1H,2,11H2. The SMILES string of the molecule is NCc1c([N+](=O)[O-])cc(Cl)c(Cl)c1Cl. The highest BCUT2D eigenvalue weighted by atomic mass is 35.5. The summed E-state index contributed by atoms with van der Waals surface area (Å²) in [7, 11) is 0. The lowest BCUT2D eigenvalue weighted by Crippen LogP contribution is -2.03. The number of benzene rings is 1. The third-order valence-electron chi connectivity index (χ3n) is 1.64. The van der Waals surface area contributed by atoms with Gasteiger partial charge in [-0.25, -0.2) is 0 Å². The van der Waals surface area contributed by atoms with Crippen molar-refractivity contribution in [2.75, 3.05) is 0 Å². The molecule has 0 aromatic heterocycles. The van der Waals surface area contributed by atoms with E-state index < -0.39 is 4.92 Å². The van der Waals surface area contributed by atoms with Crippen LogP contribution in [-0.4, -0.2) is 4.92 Å². The highest BCUT2D eigenvalue weighted by Crippen LogP contribution is 2.38. The minimum atomic E-state index is -0.601. The lowest BCUT2D eigenvalue weighted by atomic mass is 10.2. The Morgan fingerprint density at radius 3 is 2.36 bits per heavy atom. The largest absolute Gasteiger partial charge is 0.326 e. The molecule has 7 heteroatoms. The van der Waals surface area contributed by atoms with Gasteiger partial charge in [0.2, 0.25) is 0 Å². The first kappa shape index (κ1) is 11.5. The van der Waals surface area contributed by atoms with Crippen LogP contribution >= 0.6 is 34.8 Å². The molecule has 14 heavy (non-hydrogen) atoms. The van der Waals surface area contributed by atoms with Gasteiger partial charge in [0.05, 0.1) is 25.6 Å². The average molecular weight is 255 g/mol. The first-order valence-electron chi connectivity index (χ1n) is 3.49. The van der Waals surface area contributed by atoms with E-state index >= 15 is 0 Å². The molecule has 0 spiro atoms. The van der Waals surface area contributed by atoms with Crippen molar-refractivity contribution < 1.29 is 4.92 Å². The number of hydrogen-bond acceptors (Lipinski definition) is 3. The van der Waals surface area contributed by atoms with Gasteiger partial charge in [0.25, 0.3) is 5.69 Å². The minimum absolute atomic E-state index is 0.0355. The Kier molecular flexibility index (Phi) is 3.55. The summed E-state index contributed by atoms with van der Waals surface area (Å²) in [6.07, 6.45) is 0. The average Bonchev–Trinajstić information content (AvgIpc) is 2.13. The van der Waals surface area contributed by atoms with Crippen molar-refractivity contribution in [3.8, 4) is 0 Å². The van der Waals surface area contributed by atoms with Crippen molar-refractivity contribution in [2.45, 2.75) is 6.54 Å². The van der Waals surface area contributed by atoms with E-state index in [-0.39, 0.29) is 32.9 Å². The molecule has 0 saturated heterocycles. The molecule has 1 aromatic carbocycles. The predicted molar refractivity (Wildman–Crippen MR) is 56.0 cm³/mol. The Labute approximate surface area is 94.7 Å². The van der Waals surface area contributed by atoms with Crippen LogP contribution in [0.25, 0.3) is 0 Å². The Morgan fingerprint density at radius 2 is 1.93 bits per heavy atom. The van der Waals surface area contributed by atoms with Crippen LogP contribution in [0, 0.1) is 10.1 Å². The zero-order chi connectivity index (χ0) is 10.9. The molecule has 0 aliphatic carbocycles. The molecule has 0 aliphatic heterocycles. The molecule has 0 fully saturated rings. The van der Waals surface area contributed by atoms with E-state index in [1.165, 1.54) is 0 Å². The zero-order valence-corrected chi connectivity index (χ0v) is 9.03. The number of nitrogens with two attached hydrogens (primary N) is 1. The van der Waals surface area contributed by atoms with E-state index in [1.54, 1.807) is 0 Å². The number of nitro groups is 1. The second kappa shape index (κ2) is 4.31. The number of hydrogen-bond donors (Lipinski definition) is 1. The van der Waals surface area contributed by atoms with E-state index in [0.29, 0.717) is 0 Å². The topological polar surface area (TPSA) is 69.2 Å². The van der Waals surface area contributed by atoms with Crippen molar-refractivity contribution in [3.05, 3.63) is 36.8 Å². The normalized spacial score (nSPS) is 10.3. The van der Waals surface area contributed by atoms with Crippen molar-refractivity contribution in [2.24, 2.45) is 5.73 Å². The summed E-state index contributed by atoms with van der Waals surface area (Å²) in [5.41, 5.74) is 5.29. The number of halogens is 3. The minimum Gasteiger partial charge on any atom is -0.326 e. The second-order valence-corrected chi connectivity index (χ2v) is 3.61. The Balaban J connectivity index is 3.51. The van der Waals surface area contributed by atoms with Gasteiger partial charge in [0.15, 0.2) is 0 Å².